The summed E-state index contributed by atoms with van der Waals surface area (Å²) in [6, 6.07) is 8.46. The summed E-state index contributed by atoms with van der Waals surface area (Å²) in [6.07, 6.45) is 3.68. The fourth-order valence-electron chi connectivity index (χ4n) is 2.75. The Hall–Kier alpha value is -1.13. The molecule has 100 valence electrons. The highest BCUT2D eigenvalue weighted by Crippen LogP contribution is 2.29. The first-order valence-corrected chi connectivity index (χ1v) is 7.57. The smallest absolute Gasteiger partial charge is 0.123 e. The van der Waals surface area contributed by atoms with Crippen molar-refractivity contribution in [3.05, 3.63) is 40.3 Å². The van der Waals surface area contributed by atoms with E-state index < -0.39 is 0 Å². The maximum absolute atomic E-state index is 4.87. The summed E-state index contributed by atoms with van der Waals surface area (Å²) < 4.78 is 3.51. The van der Waals surface area contributed by atoms with E-state index in [9.17, 15) is 0 Å². The molecule has 2 heterocycles. The molecule has 1 aromatic carbocycles. The Morgan fingerprint density at radius 1 is 1.26 bits per heavy atom. The predicted octanol–water partition coefficient (Wildman–Crippen LogP) is 3.37. The van der Waals surface area contributed by atoms with Crippen molar-refractivity contribution in [2.45, 2.75) is 32.4 Å². The second-order valence-electron chi connectivity index (χ2n) is 4.97. The molecule has 1 aliphatic rings. The molecule has 19 heavy (non-hydrogen) atoms. The Labute approximate surface area is 122 Å². The van der Waals surface area contributed by atoms with Crippen molar-refractivity contribution < 1.29 is 0 Å². The van der Waals surface area contributed by atoms with Gasteiger partial charge in [0.25, 0.3) is 0 Å². The maximum atomic E-state index is 4.87. The molecule has 0 aliphatic carbocycles. The first-order chi connectivity index (χ1) is 9.29. The molecule has 0 fully saturated rings. The monoisotopic (exact) mass is 319 g/mol. The lowest BCUT2D eigenvalue weighted by molar-refractivity contribution is 0.508. The van der Waals surface area contributed by atoms with E-state index in [4.69, 9.17) is 4.98 Å². The third kappa shape index (κ3) is 2.47. The standard InChI is InChI=1S/C15H18BrN3/c1-17-10-14-18-15(11-5-7-12(16)8-6-11)13-4-2-3-9-19(13)14/h5-8,17H,2-4,9-10H2,1H3. The van der Waals surface area contributed by atoms with Crippen LogP contribution < -0.4 is 5.32 Å². The molecule has 0 spiro atoms. The fourth-order valence-corrected chi connectivity index (χ4v) is 3.01. The van der Waals surface area contributed by atoms with E-state index in [0.717, 1.165) is 35.5 Å². The topological polar surface area (TPSA) is 29.9 Å². The van der Waals surface area contributed by atoms with Gasteiger partial charge in [-0.05, 0) is 38.4 Å². The molecule has 3 nitrogen and oxygen atoms in total. The van der Waals surface area contributed by atoms with Gasteiger partial charge in [0.15, 0.2) is 0 Å². The summed E-state index contributed by atoms with van der Waals surface area (Å²) in [6.45, 7) is 1.94. The van der Waals surface area contributed by atoms with Crippen LogP contribution in [0, 0.1) is 0 Å². The van der Waals surface area contributed by atoms with E-state index >= 15 is 0 Å². The van der Waals surface area contributed by atoms with Gasteiger partial charge >= 0.3 is 0 Å². The number of benzene rings is 1. The number of nitrogens with one attached hydrogen (secondary N) is 1. The van der Waals surface area contributed by atoms with Crippen molar-refractivity contribution in [2.24, 2.45) is 0 Å². The first kappa shape index (κ1) is 12.9. The third-order valence-electron chi connectivity index (χ3n) is 3.65. The summed E-state index contributed by atoms with van der Waals surface area (Å²) in [5.74, 6) is 1.16. The van der Waals surface area contributed by atoms with Crippen molar-refractivity contribution in [1.29, 1.82) is 0 Å². The highest BCUT2D eigenvalue weighted by molar-refractivity contribution is 9.10. The van der Waals surface area contributed by atoms with Gasteiger partial charge in [-0.3, -0.25) is 0 Å². The van der Waals surface area contributed by atoms with E-state index in [2.05, 4.69) is 50.1 Å². The molecule has 0 atom stereocenters. The fraction of sp³-hybridized carbons (Fsp3) is 0.400. The molecular formula is C15H18BrN3. The van der Waals surface area contributed by atoms with Crippen molar-refractivity contribution in [2.75, 3.05) is 7.05 Å². The van der Waals surface area contributed by atoms with Crippen LogP contribution in [0.2, 0.25) is 0 Å². The summed E-state index contributed by atoms with van der Waals surface area (Å²) in [7, 11) is 1.98. The molecule has 0 amide bonds. The van der Waals surface area contributed by atoms with Gasteiger partial charge in [-0.15, -0.1) is 0 Å². The average molecular weight is 320 g/mol. The van der Waals surface area contributed by atoms with Gasteiger partial charge in [0.2, 0.25) is 0 Å². The van der Waals surface area contributed by atoms with Gasteiger partial charge in [-0.2, -0.15) is 0 Å². The van der Waals surface area contributed by atoms with Gasteiger partial charge in [0.1, 0.15) is 5.82 Å². The highest BCUT2D eigenvalue weighted by Gasteiger charge is 2.20. The number of rotatable bonds is 3. The van der Waals surface area contributed by atoms with Crippen LogP contribution in [0.3, 0.4) is 0 Å². The molecule has 0 bridgehead atoms. The van der Waals surface area contributed by atoms with Crippen LogP contribution in [0.5, 0.6) is 0 Å². The van der Waals surface area contributed by atoms with Gasteiger partial charge in [-0.25, -0.2) is 4.98 Å². The first-order valence-electron chi connectivity index (χ1n) is 6.78. The number of aromatic nitrogens is 2. The van der Waals surface area contributed by atoms with Gasteiger partial charge in [0, 0.05) is 22.3 Å². The van der Waals surface area contributed by atoms with Crippen molar-refractivity contribution in [3.63, 3.8) is 0 Å². The second kappa shape index (κ2) is 5.47. The van der Waals surface area contributed by atoms with Crippen LogP contribution >= 0.6 is 15.9 Å². The maximum Gasteiger partial charge on any atom is 0.123 e. The highest BCUT2D eigenvalue weighted by atomic mass is 79.9. The molecule has 3 rings (SSSR count). The normalized spacial score (nSPS) is 14.4. The van der Waals surface area contributed by atoms with Crippen LogP contribution in [0.4, 0.5) is 0 Å². The Balaban J connectivity index is 2.07. The lowest BCUT2D eigenvalue weighted by Crippen LogP contribution is -2.16. The lowest BCUT2D eigenvalue weighted by Gasteiger charge is -2.17. The minimum absolute atomic E-state index is 0.837. The molecule has 1 aliphatic heterocycles. The third-order valence-corrected chi connectivity index (χ3v) is 4.18. The number of nitrogens with zero attached hydrogens (tertiary/aromatic N) is 2. The summed E-state index contributed by atoms with van der Waals surface area (Å²) >= 11 is 3.49. The molecule has 4 heteroatoms. The Kier molecular flexibility index (Phi) is 3.71. The number of imidazole rings is 1. The van der Waals surface area contributed by atoms with Crippen LogP contribution in [-0.4, -0.2) is 16.6 Å². The minimum Gasteiger partial charge on any atom is -0.330 e. The number of halogens is 1. The molecule has 0 saturated carbocycles. The molecule has 0 radical (unpaired) electrons. The number of hydrogen-bond acceptors (Lipinski definition) is 2. The van der Waals surface area contributed by atoms with Crippen molar-refractivity contribution in [3.8, 4) is 11.3 Å². The Morgan fingerprint density at radius 3 is 2.79 bits per heavy atom. The molecule has 1 N–H and O–H groups in total. The SMILES string of the molecule is CNCc1nc(-c2ccc(Br)cc2)c2n1CCCC2. The molecule has 1 aromatic heterocycles. The summed E-state index contributed by atoms with van der Waals surface area (Å²) in [4.78, 5) is 4.87. The Bertz CT molecular complexity index is 572. The lowest BCUT2D eigenvalue weighted by atomic mass is 10.0. The van der Waals surface area contributed by atoms with Crippen LogP contribution in [-0.2, 0) is 19.5 Å². The predicted molar refractivity (Wildman–Crippen MR) is 81.1 cm³/mol. The zero-order valence-electron chi connectivity index (χ0n) is 11.1. The zero-order valence-corrected chi connectivity index (χ0v) is 12.7. The molecular weight excluding hydrogens is 302 g/mol. The van der Waals surface area contributed by atoms with Crippen molar-refractivity contribution >= 4 is 15.9 Å². The average Bonchev–Trinajstić information content (AvgIpc) is 2.80. The van der Waals surface area contributed by atoms with E-state index in [1.807, 2.05) is 7.05 Å². The van der Waals surface area contributed by atoms with Gasteiger partial charge < -0.3 is 9.88 Å². The van der Waals surface area contributed by atoms with E-state index in [1.165, 1.54) is 24.1 Å². The second-order valence-corrected chi connectivity index (χ2v) is 5.88. The largest absolute Gasteiger partial charge is 0.330 e. The molecule has 0 unspecified atom stereocenters. The quantitative estimate of drug-likeness (QED) is 0.940. The number of hydrogen-bond donors (Lipinski definition) is 1. The minimum atomic E-state index is 0.837. The summed E-state index contributed by atoms with van der Waals surface area (Å²) in [5.41, 5.74) is 3.78. The van der Waals surface area contributed by atoms with Crippen molar-refractivity contribution in [1.82, 2.24) is 14.9 Å². The van der Waals surface area contributed by atoms with E-state index in [1.54, 1.807) is 0 Å². The Morgan fingerprint density at radius 2 is 2.05 bits per heavy atom. The van der Waals surface area contributed by atoms with E-state index in [0.29, 0.717) is 0 Å². The van der Waals surface area contributed by atoms with Gasteiger partial charge in [-0.1, -0.05) is 28.1 Å². The van der Waals surface area contributed by atoms with E-state index in [-0.39, 0.29) is 0 Å². The summed E-state index contributed by atoms with van der Waals surface area (Å²) in [5, 5.41) is 3.22. The molecule has 0 saturated heterocycles. The van der Waals surface area contributed by atoms with Crippen LogP contribution in [0.1, 0.15) is 24.4 Å². The van der Waals surface area contributed by atoms with Gasteiger partial charge in [0.05, 0.1) is 12.2 Å². The molecule has 2 aromatic rings. The van der Waals surface area contributed by atoms with Crippen LogP contribution in [0.25, 0.3) is 11.3 Å². The zero-order chi connectivity index (χ0) is 13.2. The van der Waals surface area contributed by atoms with Crippen LogP contribution in [0.15, 0.2) is 28.7 Å². The number of fused-ring (bicyclic) bond motifs is 1.